The molecule has 6 heteroatoms. The SMILES string of the molecule is O=C(CC1COCCN1)Nc1cnc(-c2ccccc2)nc1. The Bertz CT molecular complexity index is 610. The molecule has 1 fully saturated rings. The second-order valence-corrected chi connectivity index (χ2v) is 5.14. The first-order valence-corrected chi connectivity index (χ1v) is 7.30. The quantitative estimate of drug-likeness (QED) is 0.893. The van der Waals surface area contributed by atoms with Gasteiger partial charge < -0.3 is 15.4 Å². The van der Waals surface area contributed by atoms with Crippen LogP contribution in [0.5, 0.6) is 0 Å². The Morgan fingerprint density at radius 1 is 1.27 bits per heavy atom. The van der Waals surface area contributed by atoms with Crippen LogP contribution in [0.3, 0.4) is 0 Å². The highest BCUT2D eigenvalue weighted by molar-refractivity contribution is 5.90. The van der Waals surface area contributed by atoms with Gasteiger partial charge in [0, 0.05) is 24.6 Å². The molecule has 6 nitrogen and oxygen atoms in total. The molecule has 0 radical (unpaired) electrons. The normalized spacial score (nSPS) is 17.9. The third-order valence-corrected chi connectivity index (χ3v) is 3.40. The standard InChI is InChI=1S/C16H18N4O2/c21-15(8-13-11-22-7-6-17-13)20-14-9-18-16(19-10-14)12-4-2-1-3-5-12/h1-5,9-10,13,17H,6-8,11H2,(H,20,21). The second-order valence-electron chi connectivity index (χ2n) is 5.14. The topological polar surface area (TPSA) is 76.1 Å². The van der Waals surface area contributed by atoms with Crippen LogP contribution in [0.1, 0.15) is 6.42 Å². The van der Waals surface area contributed by atoms with E-state index in [0.717, 1.165) is 12.1 Å². The number of anilines is 1. The molecule has 3 rings (SSSR count). The summed E-state index contributed by atoms with van der Waals surface area (Å²) in [6, 6.07) is 9.78. The maximum Gasteiger partial charge on any atom is 0.226 e. The van der Waals surface area contributed by atoms with E-state index in [-0.39, 0.29) is 11.9 Å². The first-order chi connectivity index (χ1) is 10.8. The number of carbonyl (C=O) groups is 1. The van der Waals surface area contributed by atoms with Crippen LogP contribution in [0, 0.1) is 0 Å². The second kappa shape index (κ2) is 7.11. The molecule has 1 aromatic heterocycles. The lowest BCUT2D eigenvalue weighted by molar-refractivity contribution is -0.117. The summed E-state index contributed by atoms with van der Waals surface area (Å²) in [5, 5.41) is 6.06. The van der Waals surface area contributed by atoms with Crippen molar-refractivity contribution < 1.29 is 9.53 Å². The van der Waals surface area contributed by atoms with Gasteiger partial charge in [0.15, 0.2) is 5.82 Å². The molecule has 0 bridgehead atoms. The molecule has 22 heavy (non-hydrogen) atoms. The van der Waals surface area contributed by atoms with Crippen molar-refractivity contribution in [3.05, 3.63) is 42.7 Å². The number of ether oxygens (including phenoxy) is 1. The Morgan fingerprint density at radius 2 is 2.05 bits per heavy atom. The number of rotatable bonds is 4. The highest BCUT2D eigenvalue weighted by Crippen LogP contribution is 2.15. The lowest BCUT2D eigenvalue weighted by Crippen LogP contribution is -2.43. The smallest absolute Gasteiger partial charge is 0.226 e. The predicted octanol–water partition coefficient (Wildman–Crippen LogP) is 1.46. The number of morpholine rings is 1. The van der Waals surface area contributed by atoms with Gasteiger partial charge >= 0.3 is 0 Å². The Morgan fingerprint density at radius 3 is 2.73 bits per heavy atom. The van der Waals surface area contributed by atoms with Gasteiger partial charge in [0.05, 0.1) is 31.3 Å². The minimum absolute atomic E-state index is 0.0678. The van der Waals surface area contributed by atoms with Crippen LogP contribution < -0.4 is 10.6 Å². The Balaban J connectivity index is 1.57. The fraction of sp³-hybridized carbons (Fsp3) is 0.312. The molecule has 1 aliphatic heterocycles. The predicted molar refractivity (Wildman–Crippen MR) is 83.3 cm³/mol. The Labute approximate surface area is 128 Å². The van der Waals surface area contributed by atoms with Crippen LogP contribution in [-0.2, 0) is 9.53 Å². The van der Waals surface area contributed by atoms with E-state index < -0.39 is 0 Å². The third-order valence-electron chi connectivity index (χ3n) is 3.40. The zero-order chi connectivity index (χ0) is 15.2. The maximum absolute atomic E-state index is 12.0. The van der Waals surface area contributed by atoms with Gasteiger partial charge in [-0.05, 0) is 0 Å². The highest BCUT2D eigenvalue weighted by atomic mass is 16.5. The first kappa shape index (κ1) is 14.6. The molecule has 1 aliphatic rings. The van der Waals surface area contributed by atoms with Gasteiger partial charge in [-0.1, -0.05) is 30.3 Å². The average molecular weight is 298 g/mol. The lowest BCUT2D eigenvalue weighted by Gasteiger charge is -2.23. The molecule has 0 spiro atoms. The van der Waals surface area contributed by atoms with Crippen molar-refractivity contribution in [2.24, 2.45) is 0 Å². The van der Waals surface area contributed by atoms with E-state index in [0.29, 0.717) is 31.1 Å². The number of carbonyl (C=O) groups excluding carboxylic acids is 1. The molecule has 114 valence electrons. The summed E-state index contributed by atoms with van der Waals surface area (Å²) < 4.78 is 5.33. The summed E-state index contributed by atoms with van der Waals surface area (Å²) in [5.74, 6) is 0.569. The number of hydrogen-bond acceptors (Lipinski definition) is 5. The zero-order valence-corrected chi connectivity index (χ0v) is 12.2. The Hall–Kier alpha value is -2.31. The summed E-state index contributed by atoms with van der Waals surface area (Å²) in [7, 11) is 0. The Kier molecular flexibility index (Phi) is 4.72. The van der Waals surface area contributed by atoms with Crippen molar-refractivity contribution in [2.75, 3.05) is 25.1 Å². The fourth-order valence-corrected chi connectivity index (χ4v) is 2.32. The summed E-state index contributed by atoms with van der Waals surface area (Å²) in [6.45, 7) is 2.05. The molecule has 1 atom stereocenters. The van der Waals surface area contributed by atoms with Crippen molar-refractivity contribution >= 4 is 11.6 Å². The van der Waals surface area contributed by atoms with E-state index >= 15 is 0 Å². The van der Waals surface area contributed by atoms with Crippen molar-refractivity contribution in [3.8, 4) is 11.4 Å². The van der Waals surface area contributed by atoms with Crippen LogP contribution in [-0.4, -0.2) is 41.7 Å². The lowest BCUT2D eigenvalue weighted by atomic mass is 10.2. The number of nitrogens with zero attached hydrogens (tertiary/aromatic N) is 2. The van der Waals surface area contributed by atoms with Crippen molar-refractivity contribution in [3.63, 3.8) is 0 Å². The minimum atomic E-state index is -0.0703. The van der Waals surface area contributed by atoms with Gasteiger partial charge in [-0.3, -0.25) is 4.79 Å². The van der Waals surface area contributed by atoms with Crippen LogP contribution in [0.25, 0.3) is 11.4 Å². The largest absolute Gasteiger partial charge is 0.378 e. The number of hydrogen-bond donors (Lipinski definition) is 2. The first-order valence-electron chi connectivity index (χ1n) is 7.30. The molecule has 0 aliphatic carbocycles. The van der Waals surface area contributed by atoms with Gasteiger partial charge in [0.2, 0.25) is 5.91 Å². The maximum atomic E-state index is 12.0. The molecule has 2 aromatic rings. The summed E-state index contributed by atoms with van der Waals surface area (Å²) in [5.41, 5.74) is 1.55. The van der Waals surface area contributed by atoms with E-state index in [9.17, 15) is 4.79 Å². The molecule has 1 saturated heterocycles. The van der Waals surface area contributed by atoms with Crippen LogP contribution in [0.15, 0.2) is 42.7 Å². The van der Waals surface area contributed by atoms with E-state index in [1.54, 1.807) is 12.4 Å². The number of nitrogens with one attached hydrogen (secondary N) is 2. The summed E-state index contributed by atoms with van der Waals surface area (Å²) in [6.07, 6.45) is 3.62. The zero-order valence-electron chi connectivity index (χ0n) is 12.2. The summed E-state index contributed by atoms with van der Waals surface area (Å²) in [4.78, 5) is 20.5. The fourth-order valence-electron chi connectivity index (χ4n) is 2.32. The monoisotopic (exact) mass is 298 g/mol. The molecule has 2 N–H and O–H groups in total. The van der Waals surface area contributed by atoms with Crippen LogP contribution in [0.2, 0.25) is 0 Å². The minimum Gasteiger partial charge on any atom is -0.378 e. The molecular weight excluding hydrogens is 280 g/mol. The van der Waals surface area contributed by atoms with E-state index in [2.05, 4.69) is 20.6 Å². The van der Waals surface area contributed by atoms with Crippen molar-refractivity contribution in [1.82, 2.24) is 15.3 Å². The van der Waals surface area contributed by atoms with Crippen molar-refractivity contribution in [2.45, 2.75) is 12.5 Å². The molecule has 2 heterocycles. The number of amides is 1. The molecule has 1 amide bonds. The molecular formula is C16H18N4O2. The van der Waals surface area contributed by atoms with Gasteiger partial charge in [-0.25, -0.2) is 9.97 Å². The van der Waals surface area contributed by atoms with Crippen LogP contribution >= 0.6 is 0 Å². The summed E-state index contributed by atoms with van der Waals surface area (Å²) >= 11 is 0. The van der Waals surface area contributed by atoms with E-state index in [1.807, 2.05) is 30.3 Å². The van der Waals surface area contributed by atoms with Crippen molar-refractivity contribution in [1.29, 1.82) is 0 Å². The molecule has 1 unspecified atom stereocenters. The average Bonchev–Trinajstić information content (AvgIpc) is 2.57. The van der Waals surface area contributed by atoms with Gasteiger partial charge in [-0.2, -0.15) is 0 Å². The van der Waals surface area contributed by atoms with Gasteiger partial charge in [0.1, 0.15) is 0 Å². The highest BCUT2D eigenvalue weighted by Gasteiger charge is 2.17. The van der Waals surface area contributed by atoms with E-state index in [1.165, 1.54) is 0 Å². The molecule has 1 aromatic carbocycles. The number of aromatic nitrogens is 2. The molecule has 0 saturated carbocycles. The van der Waals surface area contributed by atoms with Gasteiger partial charge in [0.25, 0.3) is 0 Å². The van der Waals surface area contributed by atoms with Crippen LogP contribution in [0.4, 0.5) is 5.69 Å². The third kappa shape index (κ3) is 3.87. The number of benzene rings is 1. The van der Waals surface area contributed by atoms with Gasteiger partial charge in [-0.15, -0.1) is 0 Å². The van der Waals surface area contributed by atoms with E-state index in [4.69, 9.17) is 4.74 Å².